The zero-order valence-corrected chi connectivity index (χ0v) is 44.3. The van der Waals surface area contributed by atoms with Crippen LogP contribution in [0.3, 0.4) is 0 Å². The van der Waals surface area contributed by atoms with Crippen molar-refractivity contribution in [2.45, 2.75) is 200 Å². The number of ether oxygens (including phenoxy) is 3. The third-order valence-corrected chi connectivity index (χ3v) is 11.3. The molecule has 3 atom stereocenters. The molecular weight excluding hydrogens is 904 g/mol. The molecule has 0 amide bonds. The summed E-state index contributed by atoms with van der Waals surface area (Å²) < 4.78 is 39.2. The Balaban J connectivity index is 4.91. The number of aliphatic hydroxyl groups excluding tert-OH is 1. The quantitative estimate of drug-likeness (QED) is 0.0197. The molecule has 70 heavy (non-hydrogen) atoms. The van der Waals surface area contributed by atoms with E-state index in [1.165, 1.54) is 0 Å². The van der Waals surface area contributed by atoms with E-state index in [1.54, 1.807) is 6.08 Å². The molecule has 0 rings (SSSR count). The van der Waals surface area contributed by atoms with Crippen LogP contribution in [0.4, 0.5) is 0 Å². The number of aliphatic hydroxyl groups is 1. The highest BCUT2D eigenvalue weighted by atomic mass is 31.2. The lowest BCUT2D eigenvalue weighted by Crippen LogP contribution is -2.30. The summed E-state index contributed by atoms with van der Waals surface area (Å²) in [7, 11) is -4.78. The van der Waals surface area contributed by atoms with Crippen LogP contribution in [-0.4, -0.2) is 66.5 Å². The zero-order valence-electron chi connectivity index (χ0n) is 43.4. The summed E-state index contributed by atoms with van der Waals surface area (Å²) in [6.07, 6.45) is 61.9. The van der Waals surface area contributed by atoms with Crippen molar-refractivity contribution in [1.82, 2.24) is 0 Å². The van der Waals surface area contributed by atoms with Gasteiger partial charge in [0.15, 0.2) is 6.10 Å². The van der Waals surface area contributed by atoms with E-state index in [0.717, 1.165) is 128 Å². The van der Waals surface area contributed by atoms with Gasteiger partial charge in [0.1, 0.15) is 12.7 Å². The van der Waals surface area contributed by atoms with Gasteiger partial charge in [-0.15, -0.1) is 0 Å². The van der Waals surface area contributed by atoms with Crippen LogP contribution in [0.25, 0.3) is 0 Å². The van der Waals surface area contributed by atoms with Crippen LogP contribution < -0.4 is 0 Å². The van der Waals surface area contributed by atoms with Gasteiger partial charge in [-0.25, -0.2) is 4.57 Å². The minimum atomic E-state index is -4.78. The molecular formula is C58H93O11P. The van der Waals surface area contributed by atoms with Crippen LogP contribution in [0.15, 0.2) is 122 Å². The molecule has 0 saturated carbocycles. The van der Waals surface area contributed by atoms with E-state index in [1.807, 2.05) is 12.2 Å². The first-order chi connectivity index (χ1) is 34.2. The third-order valence-electron chi connectivity index (χ3n) is 10.4. The van der Waals surface area contributed by atoms with Crippen molar-refractivity contribution in [1.29, 1.82) is 0 Å². The summed E-state index contributed by atoms with van der Waals surface area (Å²) in [4.78, 5) is 48.3. The molecule has 0 bridgehead atoms. The first-order valence-electron chi connectivity index (χ1n) is 26.4. The predicted molar refractivity (Wildman–Crippen MR) is 288 cm³/mol. The SMILES string of the molecule is CC/C=C\C/C=C\C/C=C\C/C=C\C/C=C\CC(=O)OCC(COP(=O)(O)OCC(CO)OC(=O)CCCCCCC/C=C\C/C=C\CCC)OC(=O)CCCCCCC/C=C\C/C=C\C/C=C\CC. The molecule has 0 fully saturated rings. The Labute approximate surface area is 424 Å². The summed E-state index contributed by atoms with van der Waals surface area (Å²) in [6.45, 7) is 4.17. The molecule has 0 aliphatic heterocycles. The van der Waals surface area contributed by atoms with Crippen molar-refractivity contribution < 1.29 is 52.2 Å². The normalized spacial score (nSPS) is 14.4. The van der Waals surface area contributed by atoms with Gasteiger partial charge in [-0.3, -0.25) is 23.4 Å². The fraction of sp³-hybridized carbons (Fsp3) is 0.603. The molecule has 0 aromatic rings. The van der Waals surface area contributed by atoms with Crippen molar-refractivity contribution in [3.8, 4) is 0 Å². The average Bonchev–Trinajstić information content (AvgIpc) is 3.35. The summed E-state index contributed by atoms with van der Waals surface area (Å²) in [6, 6.07) is 0. The molecule has 0 radical (unpaired) electrons. The van der Waals surface area contributed by atoms with E-state index in [2.05, 4.69) is 124 Å². The van der Waals surface area contributed by atoms with Crippen molar-refractivity contribution in [3.63, 3.8) is 0 Å². The van der Waals surface area contributed by atoms with Crippen LogP contribution in [0.1, 0.15) is 188 Å². The van der Waals surface area contributed by atoms with E-state index in [9.17, 15) is 28.9 Å². The number of unbranched alkanes of at least 4 members (excludes halogenated alkanes) is 11. The Hall–Kier alpha value is -4.12. The van der Waals surface area contributed by atoms with Gasteiger partial charge in [-0.05, 0) is 103 Å². The minimum Gasteiger partial charge on any atom is -0.461 e. The average molecular weight is 997 g/mol. The number of carbonyl (C=O) groups is 3. The van der Waals surface area contributed by atoms with E-state index in [4.69, 9.17) is 23.3 Å². The van der Waals surface area contributed by atoms with E-state index in [-0.39, 0.29) is 19.3 Å². The topological polar surface area (TPSA) is 155 Å². The highest BCUT2D eigenvalue weighted by Gasteiger charge is 2.28. The smallest absolute Gasteiger partial charge is 0.461 e. The molecule has 11 nitrogen and oxygen atoms in total. The lowest BCUT2D eigenvalue weighted by Gasteiger charge is -2.21. The highest BCUT2D eigenvalue weighted by molar-refractivity contribution is 7.47. The first kappa shape index (κ1) is 65.9. The van der Waals surface area contributed by atoms with Gasteiger partial charge in [-0.2, -0.15) is 0 Å². The van der Waals surface area contributed by atoms with Crippen LogP contribution in [0.5, 0.6) is 0 Å². The number of hydrogen-bond donors (Lipinski definition) is 2. The maximum Gasteiger partial charge on any atom is 0.472 e. The van der Waals surface area contributed by atoms with Crippen LogP contribution in [0, 0.1) is 0 Å². The number of esters is 3. The summed E-state index contributed by atoms with van der Waals surface area (Å²) in [5.41, 5.74) is 0. The number of rotatable bonds is 47. The first-order valence-corrected chi connectivity index (χ1v) is 27.9. The monoisotopic (exact) mass is 997 g/mol. The van der Waals surface area contributed by atoms with Gasteiger partial charge in [-0.1, -0.05) is 187 Å². The molecule has 0 aliphatic rings. The molecule has 3 unspecified atom stereocenters. The number of phosphoric ester groups is 1. The van der Waals surface area contributed by atoms with Crippen LogP contribution >= 0.6 is 7.82 Å². The molecule has 0 spiro atoms. The lowest BCUT2D eigenvalue weighted by molar-refractivity contribution is -0.161. The van der Waals surface area contributed by atoms with E-state index >= 15 is 0 Å². The van der Waals surface area contributed by atoms with Gasteiger partial charge < -0.3 is 24.2 Å². The zero-order chi connectivity index (χ0) is 51.3. The number of hydrogen-bond acceptors (Lipinski definition) is 10. The highest BCUT2D eigenvalue weighted by Crippen LogP contribution is 2.43. The Bertz CT molecular complexity index is 1630. The molecule has 0 saturated heterocycles. The van der Waals surface area contributed by atoms with Gasteiger partial charge in [0.25, 0.3) is 0 Å². The molecule has 0 aliphatic carbocycles. The number of carbonyl (C=O) groups excluding carboxylic acids is 3. The Morgan fingerprint density at radius 1 is 0.429 bits per heavy atom. The second kappa shape index (κ2) is 51.2. The fourth-order valence-corrected chi connectivity index (χ4v) is 7.20. The van der Waals surface area contributed by atoms with Crippen LogP contribution in [-0.2, 0) is 42.2 Å². The molecule has 12 heteroatoms. The Kier molecular flexibility index (Phi) is 48.2. The van der Waals surface area contributed by atoms with Crippen LogP contribution in [0.2, 0.25) is 0 Å². The summed E-state index contributed by atoms with van der Waals surface area (Å²) >= 11 is 0. The molecule has 0 heterocycles. The number of allylic oxidation sites excluding steroid dienone is 19. The molecule has 0 aromatic heterocycles. The van der Waals surface area contributed by atoms with Gasteiger partial charge in [0.05, 0.1) is 26.2 Å². The molecule has 0 aromatic carbocycles. The Morgan fingerprint density at radius 2 is 0.786 bits per heavy atom. The second-order valence-corrected chi connectivity index (χ2v) is 18.4. The fourth-order valence-electron chi connectivity index (χ4n) is 6.42. The number of phosphoric acid groups is 1. The molecule has 2 N–H and O–H groups in total. The van der Waals surface area contributed by atoms with Crippen molar-refractivity contribution in [3.05, 3.63) is 122 Å². The van der Waals surface area contributed by atoms with Gasteiger partial charge >= 0.3 is 25.7 Å². The summed E-state index contributed by atoms with van der Waals surface area (Å²) in [5, 5.41) is 9.78. The molecule has 396 valence electrons. The maximum absolute atomic E-state index is 12.9. The maximum atomic E-state index is 12.9. The van der Waals surface area contributed by atoms with Gasteiger partial charge in [0.2, 0.25) is 0 Å². The predicted octanol–water partition coefficient (Wildman–Crippen LogP) is 15.2. The minimum absolute atomic E-state index is 0.0167. The largest absolute Gasteiger partial charge is 0.472 e. The van der Waals surface area contributed by atoms with Crippen molar-refractivity contribution >= 4 is 25.7 Å². The Morgan fingerprint density at radius 3 is 1.21 bits per heavy atom. The summed E-state index contributed by atoms with van der Waals surface area (Å²) in [5.74, 6) is -1.67. The van der Waals surface area contributed by atoms with E-state index < -0.39 is 64.4 Å². The van der Waals surface area contributed by atoms with Gasteiger partial charge in [0, 0.05) is 12.8 Å². The van der Waals surface area contributed by atoms with Crippen molar-refractivity contribution in [2.75, 3.05) is 26.4 Å². The lowest BCUT2D eigenvalue weighted by atomic mass is 10.1. The second-order valence-electron chi connectivity index (χ2n) is 16.9. The van der Waals surface area contributed by atoms with E-state index in [0.29, 0.717) is 19.3 Å². The van der Waals surface area contributed by atoms with Crippen molar-refractivity contribution in [2.24, 2.45) is 0 Å². The standard InChI is InChI=1S/C58H93O11P/c1-4-7-10-13-16-19-22-25-27-30-32-35-38-41-44-47-56(60)65-51-55(69-58(62)49-46-43-40-37-34-31-28-26-23-20-17-14-11-8-5-2)53-67-70(63,64)66-52-54(50-59)68-57(61)48-45-42-39-36-33-29-24-21-18-15-12-9-6-3/h7-8,10-12,15-17,19-21,24-28,32,35,41,44,54-55,59H,4-6,9,13-14,18,22-23,29-31,33-34,36-40,42-43,45-53H2,1-3H3,(H,63,64)/b10-7-,11-8-,15-12-,19-16-,20-17-,24-21-,27-25-,28-26-,35-32-,44-41-. The third kappa shape index (κ3) is 48.9.